The molecular formula is C13H12Br2N2O2S. The van der Waals surface area contributed by atoms with Gasteiger partial charge in [-0.15, -0.1) is 11.3 Å². The Labute approximate surface area is 137 Å². The Morgan fingerprint density at radius 3 is 2.75 bits per heavy atom. The van der Waals surface area contributed by atoms with E-state index in [2.05, 4.69) is 37.2 Å². The van der Waals surface area contributed by atoms with Crippen molar-refractivity contribution in [3.05, 3.63) is 43.5 Å². The zero-order chi connectivity index (χ0) is 14.5. The topological polar surface area (TPSA) is 64.3 Å². The molecule has 0 aliphatic heterocycles. The van der Waals surface area contributed by atoms with Crippen LogP contribution in [0.2, 0.25) is 0 Å². The first-order chi connectivity index (χ1) is 9.58. The standard InChI is InChI=1S/C13H12Br2N2O2S/c14-8-7-11(20-12(8)15)13(18)17-5-6-19-10-4-2-1-3-9(10)16/h1-4,7H,5-6,16H2,(H,17,18). The summed E-state index contributed by atoms with van der Waals surface area (Å²) in [6.07, 6.45) is 0. The molecule has 0 saturated heterocycles. The number of nitrogens with two attached hydrogens (primary N) is 1. The van der Waals surface area contributed by atoms with Gasteiger partial charge in [0, 0.05) is 4.47 Å². The zero-order valence-electron chi connectivity index (χ0n) is 10.4. The van der Waals surface area contributed by atoms with Crippen LogP contribution in [0.4, 0.5) is 5.69 Å². The van der Waals surface area contributed by atoms with Crippen LogP contribution in [0, 0.1) is 0 Å². The van der Waals surface area contributed by atoms with E-state index in [4.69, 9.17) is 10.5 Å². The molecule has 0 aliphatic carbocycles. The van der Waals surface area contributed by atoms with E-state index >= 15 is 0 Å². The Morgan fingerprint density at radius 1 is 1.35 bits per heavy atom. The highest BCUT2D eigenvalue weighted by atomic mass is 79.9. The lowest BCUT2D eigenvalue weighted by molar-refractivity contribution is 0.0951. The highest BCUT2D eigenvalue weighted by molar-refractivity contribution is 9.13. The van der Waals surface area contributed by atoms with Crippen molar-refractivity contribution in [2.24, 2.45) is 0 Å². The summed E-state index contributed by atoms with van der Waals surface area (Å²) in [7, 11) is 0. The first kappa shape index (κ1) is 15.3. The molecule has 0 spiro atoms. The van der Waals surface area contributed by atoms with Crippen molar-refractivity contribution >= 4 is 54.8 Å². The van der Waals surface area contributed by atoms with Gasteiger partial charge in [-0.2, -0.15) is 0 Å². The van der Waals surface area contributed by atoms with E-state index < -0.39 is 0 Å². The van der Waals surface area contributed by atoms with Crippen molar-refractivity contribution in [2.75, 3.05) is 18.9 Å². The summed E-state index contributed by atoms with van der Waals surface area (Å²) in [5.41, 5.74) is 6.34. The molecule has 0 aliphatic rings. The SMILES string of the molecule is Nc1ccccc1OCCNC(=O)c1cc(Br)c(Br)s1. The van der Waals surface area contributed by atoms with E-state index in [0.29, 0.717) is 29.5 Å². The quantitative estimate of drug-likeness (QED) is 0.574. The number of ether oxygens (including phenoxy) is 1. The Kier molecular flexibility index (Phi) is 5.45. The minimum absolute atomic E-state index is 0.119. The number of rotatable bonds is 5. The maximum Gasteiger partial charge on any atom is 0.261 e. The van der Waals surface area contributed by atoms with Crippen LogP contribution in [0.5, 0.6) is 5.75 Å². The van der Waals surface area contributed by atoms with Gasteiger partial charge in [-0.1, -0.05) is 12.1 Å². The third-order valence-corrected chi connectivity index (χ3v) is 5.69. The molecule has 4 nitrogen and oxygen atoms in total. The van der Waals surface area contributed by atoms with E-state index in [1.807, 2.05) is 12.1 Å². The van der Waals surface area contributed by atoms with Crippen LogP contribution < -0.4 is 15.8 Å². The normalized spacial score (nSPS) is 10.3. The first-order valence-electron chi connectivity index (χ1n) is 5.78. The fourth-order valence-corrected chi connectivity index (χ4v) is 3.44. The molecule has 1 heterocycles. The lowest BCUT2D eigenvalue weighted by Crippen LogP contribution is -2.27. The summed E-state index contributed by atoms with van der Waals surface area (Å²) in [6.45, 7) is 0.786. The van der Waals surface area contributed by atoms with Gasteiger partial charge in [0.15, 0.2) is 0 Å². The van der Waals surface area contributed by atoms with Gasteiger partial charge in [0.25, 0.3) is 5.91 Å². The minimum Gasteiger partial charge on any atom is -0.490 e. The van der Waals surface area contributed by atoms with Crippen LogP contribution in [-0.2, 0) is 0 Å². The number of hydrogen-bond acceptors (Lipinski definition) is 4. The van der Waals surface area contributed by atoms with Crippen LogP contribution in [0.3, 0.4) is 0 Å². The Morgan fingerprint density at radius 2 is 2.10 bits per heavy atom. The number of hydrogen-bond donors (Lipinski definition) is 2. The van der Waals surface area contributed by atoms with Gasteiger partial charge in [-0.25, -0.2) is 0 Å². The number of para-hydroxylation sites is 2. The summed E-state index contributed by atoms with van der Waals surface area (Å²) >= 11 is 8.08. The number of carbonyl (C=O) groups excluding carboxylic acids is 1. The Bertz CT molecular complexity index is 597. The van der Waals surface area contributed by atoms with Gasteiger partial charge >= 0.3 is 0 Å². The third kappa shape index (κ3) is 3.97. The largest absolute Gasteiger partial charge is 0.490 e. The second-order valence-corrected chi connectivity index (χ2v) is 7.10. The van der Waals surface area contributed by atoms with Crippen molar-refractivity contribution in [2.45, 2.75) is 0 Å². The molecule has 106 valence electrons. The average molecular weight is 420 g/mol. The summed E-state index contributed by atoms with van der Waals surface area (Å²) < 4.78 is 7.27. The van der Waals surface area contributed by atoms with Gasteiger partial charge in [0.2, 0.25) is 0 Å². The monoisotopic (exact) mass is 418 g/mol. The molecule has 1 amide bonds. The second-order valence-electron chi connectivity index (χ2n) is 3.87. The number of anilines is 1. The second kappa shape index (κ2) is 7.10. The maximum absolute atomic E-state index is 11.9. The van der Waals surface area contributed by atoms with E-state index in [9.17, 15) is 4.79 Å². The molecule has 20 heavy (non-hydrogen) atoms. The van der Waals surface area contributed by atoms with Crippen LogP contribution in [0.15, 0.2) is 38.6 Å². The molecule has 2 rings (SSSR count). The molecule has 0 radical (unpaired) electrons. The van der Waals surface area contributed by atoms with Gasteiger partial charge in [-0.05, 0) is 50.1 Å². The summed E-state index contributed by atoms with van der Waals surface area (Å²) in [5, 5.41) is 2.79. The van der Waals surface area contributed by atoms with Crippen molar-refractivity contribution in [3.8, 4) is 5.75 Å². The van der Waals surface area contributed by atoms with E-state index in [-0.39, 0.29) is 5.91 Å². The summed E-state index contributed by atoms with van der Waals surface area (Å²) in [4.78, 5) is 12.5. The number of nitrogens with one attached hydrogen (secondary N) is 1. The van der Waals surface area contributed by atoms with Gasteiger partial charge in [0.1, 0.15) is 12.4 Å². The lowest BCUT2D eigenvalue weighted by atomic mass is 10.3. The van der Waals surface area contributed by atoms with Gasteiger partial charge in [0.05, 0.1) is 20.9 Å². The molecule has 0 fully saturated rings. The van der Waals surface area contributed by atoms with Crippen molar-refractivity contribution in [3.63, 3.8) is 0 Å². The number of benzene rings is 1. The number of nitrogen functional groups attached to an aromatic ring is 1. The molecule has 1 aromatic heterocycles. The number of carbonyl (C=O) groups is 1. The highest BCUT2D eigenvalue weighted by Gasteiger charge is 2.11. The van der Waals surface area contributed by atoms with Crippen LogP contribution in [0.25, 0.3) is 0 Å². The molecular weight excluding hydrogens is 408 g/mol. The molecule has 1 aromatic carbocycles. The van der Waals surface area contributed by atoms with Crippen molar-refractivity contribution < 1.29 is 9.53 Å². The molecule has 3 N–H and O–H groups in total. The number of thiophene rings is 1. The predicted molar refractivity (Wildman–Crippen MR) is 88.4 cm³/mol. The predicted octanol–water partition coefficient (Wildman–Crippen LogP) is 3.66. The molecule has 2 aromatic rings. The molecule has 0 atom stereocenters. The maximum atomic E-state index is 11.9. The zero-order valence-corrected chi connectivity index (χ0v) is 14.3. The summed E-state index contributed by atoms with van der Waals surface area (Å²) in [6, 6.07) is 9.04. The van der Waals surface area contributed by atoms with E-state index in [1.54, 1.807) is 18.2 Å². The third-order valence-electron chi connectivity index (χ3n) is 2.43. The minimum atomic E-state index is -0.119. The number of amides is 1. The molecule has 7 heteroatoms. The molecule has 0 unspecified atom stereocenters. The van der Waals surface area contributed by atoms with Gasteiger partial charge < -0.3 is 15.8 Å². The molecule has 0 bridgehead atoms. The highest BCUT2D eigenvalue weighted by Crippen LogP contribution is 2.32. The lowest BCUT2D eigenvalue weighted by Gasteiger charge is -2.08. The van der Waals surface area contributed by atoms with E-state index in [0.717, 1.165) is 8.26 Å². The average Bonchev–Trinajstić information content (AvgIpc) is 2.76. The van der Waals surface area contributed by atoms with Crippen molar-refractivity contribution in [1.29, 1.82) is 0 Å². The fourth-order valence-electron chi connectivity index (χ4n) is 1.48. The van der Waals surface area contributed by atoms with Crippen LogP contribution >= 0.6 is 43.2 Å². The first-order valence-corrected chi connectivity index (χ1v) is 8.18. The Balaban J connectivity index is 1.79. The van der Waals surface area contributed by atoms with Crippen LogP contribution in [-0.4, -0.2) is 19.1 Å². The summed E-state index contributed by atoms with van der Waals surface area (Å²) in [5.74, 6) is 0.509. The fraction of sp³-hybridized carbons (Fsp3) is 0.154. The molecule has 0 saturated carbocycles. The number of halogens is 2. The smallest absolute Gasteiger partial charge is 0.261 e. The van der Waals surface area contributed by atoms with E-state index in [1.165, 1.54) is 11.3 Å². The Hall–Kier alpha value is -1.05. The van der Waals surface area contributed by atoms with Crippen molar-refractivity contribution in [1.82, 2.24) is 5.32 Å². The van der Waals surface area contributed by atoms with Gasteiger partial charge in [-0.3, -0.25) is 4.79 Å². The van der Waals surface area contributed by atoms with Crippen LogP contribution in [0.1, 0.15) is 9.67 Å².